The van der Waals surface area contributed by atoms with E-state index >= 15 is 0 Å². The van der Waals surface area contributed by atoms with Crippen LogP contribution in [-0.2, 0) is 0 Å². The van der Waals surface area contributed by atoms with Gasteiger partial charge in [-0.3, -0.25) is 0 Å². The molecule has 1 aromatic heterocycles. The second-order valence-corrected chi connectivity index (χ2v) is 4.94. The van der Waals surface area contributed by atoms with Crippen molar-refractivity contribution in [1.82, 2.24) is 9.97 Å². The van der Waals surface area contributed by atoms with Crippen LogP contribution in [0.15, 0.2) is 12.4 Å². The van der Waals surface area contributed by atoms with Crippen LogP contribution in [0.3, 0.4) is 0 Å². The number of rotatable bonds is 2. The molecule has 3 rings (SSSR count). The number of piperidine rings is 1. The summed E-state index contributed by atoms with van der Waals surface area (Å²) in [6, 6.07) is 1.93. The molecule has 1 spiro atoms. The molecule has 1 aliphatic heterocycles. The van der Waals surface area contributed by atoms with Crippen LogP contribution in [0.2, 0.25) is 0 Å². The van der Waals surface area contributed by atoms with Crippen molar-refractivity contribution >= 4 is 5.82 Å². The average molecular weight is 219 g/mol. The van der Waals surface area contributed by atoms with E-state index in [1.165, 1.54) is 25.7 Å². The molecule has 1 aromatic rings. The molecule has 0 aromatic carbocycles. The van der Waals surface area contributed by atoms with Gasteiger partial charge in [0.2, 0.25) is 5.88 Å². The van der Waals surface area contributed by atoms with E-state index in [2.05, 4.69) is 14.9 Å². The number of methoxy groups -OCH3 is 1. The fourth-order valence-corrected chi connectivity index (χ4v) is 2.60. The fourth-order valence-electron chi connectivity index (χ4n) is 2.60. The predicted molar refractivity (Wildman–Crippen MR) is 61.7 cm³/mol. The summed E-state index contributed by atoms with van der Waals surface area (Å²) in [5.41, 5.74) is 0.621. The Hall–Kier alpha value is -1.32. The van der Waals surface area contributed by atoms with Gasteiger partial charge in [0.25, 0.3) is 0 Å². The topological polar surface area (TPSA) is 38.2 Å². The lowest BCUT2D eigenvalue weighted by Gasteiger charge is -2.33. The summed E-state index contributed by atoms with van der Waals surface area (Å²) >= 11 is 0. The average Bonchev–Trinajstić information content (AvgIpc) is 3.08. The molecule has 16 heavy (non-hydrogen) atoms. The Labute approximate surface area is 95.7 Å². The van der Waals surface area contributed by atoms with Crippen molar-refractivity contribution in [2.24, 2.45) is 5.41 Å². The highest BCUT2D eigenvalue weighted by atomic mass is 16.5. The summed E-state index contributed by atoms with van der Waals surface area (Å²) in [5, 5.41) is 0. The Morgan fingerprint density at radius 3 is 2.94 bits per heavy atom. The maximum atomic E-state index is 5.14. The van der Waals surface area contributed by atoms with Crippen LogP contribution >= 0.6 is 0 Å². The van der Waals surface area contributed by atoms with E-state index in [4.69, 9.17) is 4.74 Å². The quantitative estimate of drug-likeness (QED) is 0.761. The Morgan fingerprint density at radius 1 is 1.31 bits per heavy atom. The minimum absolute atomic E-state index is 0.621. The molecule has 2 aliphatic rings. The molecular weight excluding hydrogens is 202 g/mol. The molecular formula is C12H17N3O. The minimum atomic E-state index is 0.621. The van der Waals surface area contributed by atoms with Gasteiger partial charge in [-0.15, -0.1) is 0 Å². The number of nitrogens with zero attached hydrogens (tertiary/aromatic N) is 3. The molecule has 0 unspecified atom stereocenters. The SMILES string of the molecule is COc1cc(N2CCCC3(CC3)C2)ncn1. The first kappa shape index (κ1) is 9.87. The summed E-state index contributed by atoms with van der Waals surface area (Å²) in [6.07, 6.45) is 7.05. The van der Waals surface area contributed by atoms with Gasteiger partial charge in [0.15, 0.2) is 0 Å². The number of anilines is 1. The Balaban J connectivity index is 1.80. The zero-order chi connectivity index (χ0) is 11.0. The zero-order valence-corrected chi connectivity index (χ0v) is 9.65. The van der Waals surface area contributed by atoms with E-state index in [0.29, 0.717) is 11.3 Å². The highest BCUT2D eigenvalue weighted by Crippen LogP contribution is 2.52. The van der Waals surface area contributed by atoms with Gasteiger partial charge in [0.1, 0.15) is 12.1 Å². The van der Waals surface area contributed by atoms with E-state index < -0.39 is 0 Å². The van der Waals surface area contributed by atoms with Crippen LogP contribution in [0, 0.1) is 5.41 Å². The standard InChI is InChI=1S/C12H17N3O/c1-16-11-7-10(13-9-14-11)15-6-2-3-12(8-15)4-5-12/h7,9H,2-6,8H2,1H3. The second-order valence-electron chi connectivity index (χ2n) is 4.94. The Morgan fingerprint density at radius 2 is 2.19 bits per heavy atom. The molecule has 2 heterocycles. The third-order valence-corrected chi connectivity index (χ3v) is 3.78. The maximum Gasteiger partial charge on any atom is 0.218 e. The van der Waals surface area contributed by atoms with Crippen LogP contribution in [0.5, 0.6) is 5.88 Å². The largest absolute Gasteiger partial charge is 0.481 e. The van der Waals surface area contributed by atoms with Gasteiger partial charge >= 0.3 is 0 Å². The molecule has 0 radical (unpaired) electrons. The van der Waals surface area contributed by atoms with Gasteiger partial charge in [-0.05, 0) is 31.1 Å². The smallest absolute Gasteiger partial charge is 0.218 e. The van der Waals surface area contributed by atoms with Crippen molar-refractivity contribution in [1.29, 1.82) is 0 Å². The van der Waals surface area contributed by atoms with Crippen LogP contribution < -0.4 is 9.64 Å². The monoisotopic (exact) mass is 219 g/mol. The second kappa shape index (κ2) is 3.61. The van der Waals surface area contributed by atoms with Crippen molar-refractivity contribution in [3.8, 4) is 5.88 Å². The Kier molecular flexibility index (Phi) is 2.23. The summed E-state index contributed by atoms with van der Waals surface area (Å²) in [5.74, 6) is 1.67. The van der Waals surface area contributed by atoms with E-state index in [1.807, 2.05) is 6.07 Å². The van der Waals surface area contributed by atoms with Gasteiger partial charge in [0.05, 0.1) is 7.11 Å². The van der Waals surface area contributed by atoms with Gasteiger partial charge in [-0.25, -0.2) is 9.97 Å². The number of hydrogen-bond donors (Lipinski definition) is 0. The first-order chi connectivity index (χ1) is 7.81. The fraction of sp³-hybridized carbons (Fsp3) is 0.667. The normalized spacial score (nSPS) is 22.2. The molecule has 1 aliphatic carbocycles. The highest BCUT2D eigenvalue weighted by Gasteiger charge is 2.45. The van der Waals surface area contributed by atoms with E-state index in [9.17, 15) is 0 Å². The number of aromatic nitrogens is 2. The lowest BCUT2D eigenvalue weighted by Crippen LogP contribution is -2.36. The molecule has 4 nitrogen and oxygen atoms in total. The van der Waals surface area contributed by atoms with Crippen molar-refractivity contribution in [3.63, 3.8) is 0 Å². The maximum absolute atomic E-state index is 5.14. The van der Waals surface area contributed by atoms with Gasteiger partial charge in [-0.1, -0.05) is 0 Å². The Bertz CT molecular complexity index is 390. The lowest BCUT2D eigenvalue weighted by molar-refractivity contribution is 0.386. The van der Waals surface area contributed by atoms with Crippen molar-refractivity contribution < 1.29 is 4.74 Å². The van der Waals surface area contributed by atoms with Gasteiger partial charge < -0.3 is 9.64 Å². The molecule has 0 bridgehead atoms. The summed E-state index contributed by atoms with van der Waals surface area (Å²) in [6.45, 7) is 2.27. The van der Waals surface area contributed by atoms with E-state index in [-0.39, 0.29) is 0 Å². The molecule has 1 saturated heterocycles. The first-order valence-electron chi connectivity index (χ1n) is 5.92. The molecule has 4 heteroatoms. The van der Waals surface area contributed by atoms with Crippen LogP contribution in [0.25, 0.3) is 0 Å². The highest BCUT2D eigenvalue weighted by molar-refractivity contribution is 5.42. The van der Waals surface area contributed by atoms with E-state index in [1.54, 1.807) is 13.4 Å². The van der Waals surface area contributed by atoms with Crippen LogP contribution in [-0.4, -0.2) is 30.2 Å². The molecule has 0 N–H and O–H groups in total. The molecule has 86 valence electrons. The minimum Gasteiger partial charge on any atom is -0.481 e. The van der Waals surface area contributed by atoms with Gasteiger partial charge in [0, 0.05) is 19.2 Å². The van der Waals surface area contributed by atoms with Crippen LogP contribution in [0.4, 0.5) is 5.82 Å². The first-order valence-corrected chi connectivity index (χ1v) is 5.92. The van der Waals surface area contributed by atoms with Crippen LogP contribution in [0.1, 0.15) is 25.7 Å². The lowest BCUT2D eigenvalue weighted by atomic mass is 9.95. The van der Waals surface area contributed by atoms with Crippen molar-refractivity contribution in [2.45, 2.75) is 25.7 Å². The number of ether oxygens (including phenoxy) is 1. The third kappa shape index (κ3) is 1.72. The molecule has 0 amide bonds. The zero-order valence-electron chi connectivity index (χ0n) is 9.65. The molecule has 2 fully saturated rings. The summed E-state index contributed by atoms with van der Waals surface area (Å²) in [4.78, 5) is 10.8. The predicted octanol–water partition coefficient (Wildman–Crippen LogP) is 1.87. The molecule has 1 saturated carbocycles. The summed E-state index contributed by atoms with van der Waals surface area (Å²) in [7, 11) is 1.64. The number of hydrogen-bond acceptors (Lipinski definition) is 4. The van der Waals surface area contributed by atoms with Crippen molar-refractivity contribution in [3.05, 3.63) is 12.4 Å². The third-order valence-electron chi connectivity index (χ3n) is 3.78. The van der Waals surface area contributed by atoms with E-state index in [0.717, 1.165) is 18.9 Å². The summed E-state index contributed by atoms with van der Waals surface area (Å²) < 4.78 is 5.14. The van der Waals surface area contributed by atoms with Gasteiger partial charge in [-0.2, -0.15) is 0 Å². The van der Waals surface area contributed by atoms with Crippen molar-refractivity contribution in [2.75, 3.05) is 25.1 Å². The molecule has 0 atom stereocenters.